The Morgan fingerprint density at radius 2 is 2.14 bits per heavy atom. The van der Waals surface area contributed by atoms with Crippen LogP contribution in [0.3, 0.4) is 0 Å². The molecule has 0 saturated heterocycles. The zero-order valence-corrected chi connectivity index (χ0v) is 15.9. The third-order valence-electron chi connectivity index (χ3n) is 5.12. The van der Waals surface area contributed by atoms with Gasteiger partial charge in [-0.2, -0.15) is 0 Å². The zero-order valence-electron chi connectivity index (χ0n) is 15.1. The molecule has 9 heteroatoms. The molecule has 1 aliphatic heterocycles. The SMILES string of the molecule is COC(=O)c1c(NS(=O)(=O)c2ccc(F)cc2CN)ccc2c1OC[C@@H]1C[C@H]21. The van der Waals surface area contributed by atoms with Crippen molar-refractivity contribution in [3.05, 3.63) is 52.8 Å². The summed E-state index contributed by atoms with van der Waals surface area (Å²) in [5.41, 5.74) is 6.64. The van der Waals surface area contributed by atoms with Gasteiger partial charge in [0, 0.05) is 12.5 Å². The molecule has 2 atom stereocenters. The van der Waals surface area contributed by atoms with Crippen LogP contribution in [0.2, 0.25) is 0 Å². The summed E-state index contributed by atoms with van der Waals surface area (Å²) in [4.78, 5) is 12.3. The zero-order chi connectivity index (χ0) is 20.1. The number of hydrogen-bond donors (Lipinski definition) is 2. The Bertz CT molecular complexity index is 1070. The lowest BCUT2D eigenvalue weighted by Gasteiger charge is -2.22. The molecule has 0 radical (unpaired) electrons. The van der Waals surface area contributed by atoms with E-state index in [9.17, 15) is 17.6 Å². The molecule has 2 aromatic carbocycles. The number of sulfonamides is 1. The van der Waals surface area contributed by atoms with E-state index in [0.29, 0.717) is 24.2 Å². The number of methoxy groups -OCH3 is 1. The summed E-state index contributed by atoms with van der Waals surface area (Å²) in [6.45, 7) is 0.321. The van der Waals surface area contributed by atoms with Crippen LogP contribution in [0.4, 0.5) is 10.1 Å². The molecule has 148 valence electrons. The minimum absolute atomic E-state index is 0.0327. The van der Waals surface area contributed by atoms with Crippen molar-refractivity contribution in [1.82, 2.24) is 0 Å². The fourth-order valence-electron chi connectivity index (χ4n) is 3.61. The van der Waals surface area contributed by atoms with Crippen molar-refractivity contribution in [2.45, 2.75) is 23.8 Å². The number of fused-ring (bicyclic) bond motifs is 3. The number of anilines is 1. The first-order valence-electron chi connectivity index (χ1n) is 8.75. The molecule has 1 heterocycles. The molecule has 2 aliphatic rings. The molecule has 1 saturated carbocycles. The van der Waals surface area contributed by atoms with Crippen molar-refractivity contribution in [2.24, 2.45) is 11.7 Å². The van der Waals surface area contributed by atoms with Crippen LogP contribution in [0.1, 0.15) is 33.8 Å². The smallest absolute Gasteiger partial charge is 0.343 e. The lowest BCUT2D eigenvalue weighted by atomic mass is 10.0. The second-order valence-electron chi connectivity index (χ2n) is 6.87. The molecule has 0 unspecified atom stereocenters. The quantitative estimate of drug-likeness (QED) is 0.738. The largest absolute Gasteiger partial charge is 0.492 e. The van der Waals surface area contributed by atoms with Crippen LogP contribution in [0.5, 0.6) is 5.75 Å². The number of halogens is 1. The molecule has 1 aliphatic carbocycles. The van der Waals surface area contributed by atoms with Gasteiger partial charge in [-0.25, -0.2) is 17.6 Å². The lowest BCUT2D eigenvalue weighted by molar-refractivity contribution is 0.0596. The fraction of sp³-hybridized carbons (Fsp3) is 0.316. The van der Waals surface area contributed by atoms with Crippen molar-refractivity contribution < 1.29 is 27.1 Å². The van der Waals surface area contributed by atoms with E-state index >= 15 is 0 Å². The topological polar surface area (TPSA) is 108 Å². The predicted octanol–water partition coefficient (Wildman–Crippen LogP) is 2.37. The highest BCUT2D eigenvalue weighted by atomic mass is 32.2. The van der Waals surface area contributed by atoms with E-state index in [-0.39, 0.29) is 28.3 Å². The van der Waals surface area contributed by atoms with E-state index in [0.717, 1.165) is 30.2 Å². The van der Waals surface area contributed by atoms with Gasteiger partial charge in [0.05, 0.1) is 24.3 Å². The van der Waals surface area contributed by atoms with Gasteiger partial charge in [-0.05, 0) is 47.7 Å². The number of benzene rings is 2. The van der Waals surface area contributed by atoms with Gasteiger partial charge in [-0.1, -0.05) is 6.07 Å². The second kappa shape index (κ2) is 6.75. The molecule has 7 nitrogen and oxygen atoms in total. The summed E-state index contributed by atoms with van der Waals surface area (Å²) < 4.78 is 52.3. The average molecular weight is 406 g/mol. The Morgan fingerprint density at radius 1 is 1.36 bits per heavy atom. The lowest BCUT2D eigenvalue weighted by Crippen LogP contribution is -2.20. The Balaban J connectivity index is 1.78. The van der Waals surface area contributed by atoms with Crippen LogP contribution < -0.4 is 15.2 Å². The maximum absolute atomic E-state index is 13.4. The van der Waals surface area contributed by atoms with Crippen LogP contribution in [0.15, 0.2) is 35.2 Å². The van der Waals surface area contributed by atoms with Crippen molar-refractivity contribution >= 4 is 21.7 Å². The molecule has 3 N–H and O–H groups in total. The van der Waals surface area contributed by atoms with Crippen LogP contribution in [-0.4, -0.2) is 28.1 Å². The molecule has 0 spiro atoms. The second-order valence-corrected chi connectivity index (χ2v) is 8.52. The van der Waals surface area contributed by atoms with E-state index in [1.807, 2.05) is 0 Å². The van der Waals surface area contributed by atoms with Crippen LogP contribution >= 0.6 is 0 Å². The number of carbonyl (C=O) groups is 1. The van der Waals surface area contributed by atoms with E-state index in [4.69, 9.17) is 15.2 Å². The molecule has 0 amide bonds. The van der Waals surface area contributed by atoms with E-state index in [2.05, 4.69) is 4.72 Å². The first-order valence-corrected chi connectivity index (χ1v) is 10.2. The molecule has 0 bridgehead atoms. The van der Waals surface area contributed by atoms with Crippen molar-refractivity contribution in [3.63, 3.8) is 0 Å². The maximum atomic E-state index is 13.4. The van der Waals surface area contributed by atoms with Gasteiger partial charge in [-0.3, -0.25) is 4.72 Å². The monoisotopic (exact) mass is 406 g/mol. The minimum atomic E-state index is -4.13. The first-order chi connectivity index (χ1) is 13.4. The highest BCUT2D eigenvalue weighted by Gasteiger charge is 2.45. The van der Waals surface area contributed by atoms with Gasteiger partial charge in [0.2, 0.25) is 0 Å². The number of carbonyl (C=O) groups excluding carboxylic acids is 1. The Kier molecular flexibility index (Phi) is 4.51. The minimum Gasteiger partial charge on any atom is -0.492 e. The van der Waals surface area contributed by atoms with Crippen molar-refractivity contribution in [3.8, 4) is 5.75 Å². The van der Waals surface area contributed by atoms with E-state index < -0.39 is 21.8 Å². The third-order valence-corrected chi connectivity index (χ3v) is 6.58. The summed E-state index contributed by atoms with van der Waals surface area (Å²) in [5, 5.41) is 0. The molecular formula is C19H19FN2O5S. The normalized spacial score (nSPS) is 19.8. The summed E-state index contributed by atoms with van der Waals surface area (Å²) in [6, 6.07) is 6.54. The van der Waals surface area contributed by atoms with E-state index in [1.165, 1.54) is 13.2 Å². The number of esters is 1. The number of nitrogens with one attached hydrogen (secondary N) is 1. The summed E-state index contributed by atoms with van der Waals surface area (Å²) in [6.07, 6.45) is 0.980. The molecule has 4 rings (SSSR count). The molecule has 1 fully saturated rings. The molecule has 2 aromatic rings. The molecule has 28 heavy (non-hydrogen) atoms. The van der Waals surface area contributed by atoms with E-state index in [1.54, 1.807) is 6.07 Å². The van der Waals surface area contributed by atoms with Gasteiger partial charge in [0.1, 0.15) is 17.1 Å². The fourth-order valence-corrected chi connectivity index (χ4v) is 4.91. The summed E-state index contributed by atoms with van der Waals surface area (Å²) in [5.74, 6) is -0.183. The third kappa shape index (κ3) is 3.10. The number of ether oxygens (including phenoxy) is 2. The Morgan fingerprint density at radius 3 is 2.86 bits per heavy atom. The highest BCUT2D eigenvalue weighted by Crippen LogP contribution is 2.55. The predicted molar refractivity (Wildman–Crippen MR) is 99.2 cm³/mol. The van der Waals surface area contributed by atoms with Gasteiger partial charge in [0.25, 0.3) is 10.0 Å². The number of hydrogen-bond acceptors (Lipinski definition) is 6. The average Bonchev–Trinajstić information content (AvgIpc) is 3.46. The summed E-state index contributed by atoms with van der Waals surface area (Å²) in [7, 11) is -2.91. The molecule has 0 aromatic heterocycles. The molecular weight excluding hydrogens is 387 g/mol. The van der Waals surface area contributed by atoms with Crippen molar-refractivity contribution in [1.29, 1.82) is 0 Å². The maximum Gasteiger partial charge on any atom is 0.343 e. The van der Waals surface area contributed by atoms with Crippen LogP contribution in [0, 0.1) is 11.7 Å². The van der Waals surface area contributed by atoms with Crippen molar-refractivity contribution in [2.75, 3.05) is 18.4 Å². The van der Waals surface area contributed by atoms with Crippen LogP contribution in [-0.2, 0) is 21.3 Å². The van der Waals surface area contributed by atoms with Gasteiger partial charge in [-0.15, -0.1) is 0 Å². The van der Waals surface area contributed by atoms with Crippen LogP contribution in [0.25, 0.3) is 0 Å². The number of nitrogens with two attached hydrogens (primary N) is 1. The number of rotatable bonds is 5. The van der Waals surface area contributed by atoms with Gasteiger partial charge >= 0.3 is 5.97 Å². The van der Waals surface area contributed by atoms with Gasteiger partial charge in [0.15, 0.2) is 0 Å². The Hall–Kier alpha value is -2.65. The van der Waals surface area contributed by atoms with Gasteiger partial charge < -0.3 is 15.2 Å². The standard InChI is InChI=1S/C19H19FN2O5S/c1-26-19(23)17-15(4-3-13-14-7-11(14)9-27-18(13)17)22-28(24,25)16-5-2-12(20)6-10(16)8-21/h2-6,11,14,22H,7-9,21H2,1H3/t11-,14-/m0/s1. The summed E-state index contributed by atoms with van der Waals surface area (Å²) >= 11 is 0. The first kappa shape index (κ1) is 18.7. The highest BCUT2D eigenvalue weighted by molar-refractivity contribution is 7.92. The Labute approximate surface area is 161 Å².